The van der Waals surface area contributed by atoms with Gasteiger partial charge in [-0.05, 0) is 57.4 Å². The van der Waals surface area contributed by atoms with E-state index in [1.54, 1.807) is 20.8 Å². The summed E-state index contributed by atoms with van der Waals surface area (Å²) in [5, 5.41) is 13.5. The predicted octanol–water partition coefficient (Wildman–Crippen LogP) is 4.08. The number of aliphatic hydroxyl groups excluding tert-OH is 1. The van der Waals surface area contributed by atoms with Gasteiger partial charge in [0, 0.05) is 13.1 Å². The Balaban J connectivity index is 1.89. The standard InChI is InChI=1S/C24H38N2O4/c1-17(2)15-20(25-23(29)30-24(3,4)5)21(27)16-22(28)26-13-11-19(12-14-26)18-9-7-6-8-10-18/h6-10,17,19-21,27H,11-16H2,1-5H3,(H,25,29). The number of hydrogen-bond acceptors (Lipinski definition) is 4. The van der Waals surface area contributed by atoms with Crippen LogP contribution < -0.4 is 5.32 Å². The molecule has 1 fully saturated rings. The van der Waals surface area contributed by atoms with Crippen molar-refractivity contribution >= 4 is 12.0 Å². The maximum absolute atomic E-state index is 12.8. The minimum Gasteiger partial charge on any atom is -0.444 e. The molecule has 168 valence electrons. The van der Waals surface area contributed by atoms with Crippen molar-refractivity contribution in [1.82, 2.24) is 10.2 Å². The van der Waals surface area contributed by atoms with Crippen molar-refractivity contribution in [3.05, 3.63) is 35.9 Å². The molecule has 6 nitrogen and oxygen atoms in total. The summed E-state index contributed by atoms with van der Waals surface area (Å²) in [6.07, 6.45) is 0.921. The second kappa shape index (κ2) is 10.8. The van der Waals surface area contributed by atoms with Crippen LogP contribution in [0, 0.1) is 5.92 Å². The molecule has 0 saturated carbocycles. The lowest BCUT2D eigenvalue weighted by atomic mass is 9.89. The minimum atomic E-state index is -0.945. The number of ether oxygens (including phenoxy) is 1. The Labute approximate surface area is 181 Å². The lowest BCUT2D eigenvalue weighted by molar-refractivity contribution is -0.134. The molecule has 1 aromatic carbocycles. The van der Waals surface area contributed by atoms with Crippen molar-refractivity contribution in [2.24, 2.45) is 5.92 Å². The third kappa shape index (κ3) is 7.98. The monoisotopic (exact) mass is 418 g/mol. The van der Waals surface area contributed by atoms with Crippen LogP contribution in [-0.2, 0) is 9.53 Å². The average Bonchev–Trinajstić information content (AvgIpc) is 2.66. The van der Waals surface area contributed by atoms with Crippen molar-refractivity contribution in [1.29, 1.82) is 0 Å². The van der Waals surface area contributed by atoms with E-state index >= 15 is 0 Å². The molecular weight excluding hydrogens is 380 g/mol. The largest absolute Gasteiger partial charge is 0.444 e. The molecule has 30 heavy (non-hydrogen) atoms. The molecule has 2 amide bonds. The second-order valence-electron chi connectivity index (χ2n) is 9.72. The van der Waals surface area contributed by atoms with Crippen molar-refractivity contribution < 1.29 is 19.4 Å². The molecular formula is C24H38N2O4. The maximum Gasteiger partial charge on any atom is 0.407 e. The zero-order valence-corrected chi connectivity index (χ0v) is 19.1. The van der Waals surface area contributed by atoms with Gasteiger partial charge in [-0.15, -0.1) is 0 Å². The van der Waals surface area contributed by atoms with Gasteiger partial charge < -0.3 is 20.1 Å². The lowest BCUT2D eigenvalue weighted by Crippen LogP contribution is -2.48. The number of likely N-dealkylation sites (tertiary alicyclic amines) is 1. The smallest absolute Gasteiger partial charge is 0.407 e. The van der Waals surface area contributed by atoms with Gasteiger partial charge in [0.25, 0.3) is 0 Å². The van der Waals surface area contributed by atoms with Gasteiger partial charge in [0.15, 0.2) is 0 Å². The molecule has 0 aromatic heterocycles. The third-order valence-corrected chi connectivity index (χ3v) is 5.39. The highest BCUT2D eigenvalue weighted by molar-refractivity contribution is 5.77. The normalized spacial score (nSPS) is 17.5. The van der Waals surface area contributed by atoms with E-state index in [1.807, 2.05) is 24.8 Å². The molecule has 2 rings (SSSR count). The van der Waals surface area contributed by atoms with Crippen LogP contribution in [0.2, 0.25) is 0 Å². The second-order valence-corrected chi connectivity index (χ2v) is 9.72. The predicted molar refractivity (Wildman–Crippen MR) is 118 cm³/mol. The number of piperidine rings is 1. The van der Waals surface area contributed by atoms with Crippen LogP contribution in [0.1, 0.15) is 71.8 Å². The molecule has 1 aliphatic rings. The fourth-order valence-corrected chi connectivity index (χ4v) is 3.92. The Morgan fingerprint density at radius 2 is 1.77 bits per heavy atom. The van der Waals surface area contributed by atoms with Gasteiger partial charge in [0.2, 0.25) is 5.91 Å². The molecule has 1 aliphatic heterocycles. The first kappa shape index (κ1) is 24.2. The summed E-state index contributed by atoms with van der Waals surface area (Å²) < 4.78 is 5.32. The molecule has 2 N–H and O–H groups in total. The van der Waals surface area contributed by atoms with Crippen LogP contribution in [0.5, 0.6) is 0 Å². The SMILES string of the molecule is CC(C)CC(NC(=O)OC(C)(C)C)C(O)CC(=O)N1CCC(c2ccccc2)CC1. The van der Waals surface area contributed by atoms with Gasteiger partial charge in [-0.25, -0.2) is 4.79 Å². The van der Waals surface area contributed by atoms with Gasteiger partial charge in [0.1, 0.15) is 5.60 Å². The Kier molecular flexibility index (Phi) is 8.71. The van der Waals surface area contributed by atoms with Crippen LogP contribution in [0.15, 0.2) is 30.3 Å². The molecule has 0 bridgehead atoms. The van der Waals surface area contributed by atoms with Crippen molar-refractivity contribution in [3.63, 3.8) is 0 Å². The highest BCUT2D eigenvalue weighted by atomic mass is 16.6. The Morgan fingerprint density at radius 3 is 2.30 bits per heavy atom. The van der Waals surface area contributed by atoms with E-state index in [0.717, 1.165) is 12.8 Å². The molecule has 0 spiro atoms. The molecule has 6 heteroatoms. The van der Waals surface area contributed by atoms with E-state index < -0.39 is 23.8 Å². The third-order valence-electron chi connectivity index (χ3n) is 5.39. The van der Waals surface area contributed by atoms with E-state index in [9.17, 15) is 14.7 Å². The fourth-order valence-electron chi connectivity index (χ4n) is 3.92. The van der Waals surface area contributed by atoms with Crippen molar-refractivity contribution in [2.75, 3.05) is 13.1 Å². The number of benzene rings is 1. The maximum atomic E-state index is 12.8. The summed E-state index contributed by atoms with van der Waals surface area (Å²) in [6.45, 7) is 10.8. The molecule has 0 aliphatic carbocycles. The fraction of sp³-hybridized carbons (Fsp3) is 0.667. The highest BCUT2D eigenvalue weighted by Crippen LogP contribution is 2.28. The number of hydrogen-bond donors (Lipinski definition) is 2. The van der Waals surface area contributed by atoms with Crippen molar-refractivity contribution in [3.8, 4) is 0 Å². The molecule has 1 heterocycles. The Morgan fingerprint density at radius 1 is 1.17 bits per heavy atom. The zero-order chi connectivity index (χ0) is 22.3. The van der Waals surface area contributed by atoms with E-state index in [4.69, 9.17) is 4.74 Å². The van der Waals surface area contributed by atoms with Gasteiger partial charge in [0.05, 0.1) is 18.6 Å². The van der Waals surface area contributed by atoms with E-state index in [2.05, 4.69) is 29.6 Å². The summed E-state index contributed by atoms with van der Waals surface area (Å²) >= 11 is 0. The highest BCUT2D eigenvalue weighted by Gasteiger charge is 2.30. The molecule has 0 radical (unpaired) electrons. The number of aliphatic hydroxyl groups is 1. The minimum absolute atomic E-state index is 0.00316. The quantitative estimate of drug-likeness (QED) is 0.699. The summed E-state index contributed by atoms with van der Waals surface area (Å²) in [6, 6.07) is 9.88. The zero-order valence-electron chi connectivity index (χ0n) is 19.1. The molecule has 1 aromatic rings. The van der Waals surface area contributed by atoms with Gasteiger partial charge in [-0.2, -0.15) is 0 Å². The van der Waals surface area contributed by atoms with Gasteiger partial charge >= 0.3 is 6.09 Å². The first-order valence-electron chi connectivity index (χ1n) is 11.1. The Hall–Kier alpha value is -2.08. The lowest BCUT2D eigenvalue weighted by Gasteiger charge is -2.34. The Bertz CT molecular complexity index is 676. The summed E-state index contributed by atoms with van der Waals surface area (Å²) in [5.74, 6) is 0.674. The van der Waals surface area contributed by atoms with E-state index in [-0.39, 0.29) is 18.2 Å². The number of nitrogens with zero attached hydrogens (tertiary/aromatic N) is 1. The van der Waals surface area contributed by atoms with E-state index in [1.165, 1.54) is 5.56 Å². The molecule has 2 unspecified atom stereocenters. The summed E-state index contributed by atoms with van der Waals surface area (Å²) in [5.41, 5.74) is 0.708. The number of rotatable bonds is 7. The number of carbonyl (C=O) groups excluding carboxylic acids is 2. The number of nitrogens with one attached hydrogen (secondary N) is 1. The van der Waals surface area contributed by atoms with Gasteiger partial charge in [-0.3, -0.25) is 4.79 Å². The van der Waals surface area contributed by atoms with E-state index in [0.29, 0.717) is 25.4 Å². The number of alkyl carbamates (subject to hydrolysis) is 1. The van der Waals surface area contributed by atoms with Crippen LogP contribution >= 0.6 is 0 Å². The van der Waals surface area contributed by atoms with Crippen LogP contribution in [0.25, 0.3) is 0 Å². The number of carbonyl (C=O) groups is 2. The molecule has 1 saturated heterocycles. The van der Waals surface area contributed by atoms with Crippen molar-refractivity contribution in [2.45, 2.75) is 84.0 Å². The first-order valence-corrected chi connectivity index (χ1v) is 11.1. The van der Waals surface area contributed by atoms with Gasteiger partial charge in [-0.1, -0.05) is 44.2 Å². The van der Waals surface area contributed by atoms with Crippen LogP contribution in [0.4, 0.5) is 4.79 Å². The van der Waals surface area contributed by atoms with Crippen LogP contribution in [0.3, 0.4) is 0 Å². The average molecular weight is 419 g/mol. The summed E-state index contributed by atoms with van der Waals surface area (Å²) in [7, 11) is 0. The molecule has 2 atom stereocenters. The topological polar surface area (TPSA) is 78.9 Å². The first-order chi connectivity index (χ1) is 14.0. The number of amides is 2. The summed E-state index contributed by atoms with van der Waals surface area (Å²) in [4.78, 5) is 26.8. The van der Waals surface area contributed by atoms with Crippen LogP contribution in [-0.4, -0.2) is 52.8 Å².